The van der Waals surface area contributed by atoms with Gasteiger partial charge >= 0.3 is 0 Å². The van der Waals surface area contributed by atoms with E-state index in [1.165, 1.54) is 32.6 Å². The molecule has 0 radical (unpaired) electrons. The largest absolute Gasteiger partial charge is 0.309 e. The van der Waals surface area contributed by atoms with E-state index in [0.29, 0.717) is 0 Å². The van der Waals surface area contributed by atoms with Crippen molar-refractivity contribution < 1.29 is 0 Å². The Balaban J connectivity index is 1.29. The molecule has 3 heterocycles. The number of nitrogens with zero attached hydrogens (tertiary/aromatic N) is 4. The Morgan fingerprint density at radius 1 is 0.357 bits per heavy atom. The van der Waals surface area contributed by atoms with Crippen LogP contribution < -0.4 is 0 Å². The predicted octanol–water partition coefficient (Wildman–Crippen LogP) is 9.49. The van der Waals surface area contributed by atoms with Crippen molar-refractivity contribution in [2.45, 2.75) is 0 Å². The fourth-order valence-electron chi connectivity index (χ4n) is 6.46. The van der Waals surface area contributed by atoms with Gasteiger partial charge in [0.25, 0.3) is 0 Å². The Bertz CT molecular complexity index is 2360. The van der Waals surface area contributed by atoms with Crippen LogP contribution in [0.15, 0.2) is 146 Å². The van der Waals surface area contributed by atoms with Crippen LogP contribution in [0.2, 0.25) is 0 Å². The Morgan fingerprint density at radius 3 is 1.26 bits per heavy atom. The number of hydrogen-bond acceptors (Lipinski definition) is 2. The topological polar surface area (TPSA) is 35.6 Å². The second-order valence-electron chi connectivity index (χ2n) is 10.7. The summed E-state index contributed by atoms with van der Waals surface area (Å²) in [5, 5.41) is 4.92. The van der Waals surface area contributed by atoms with Crippen molar-refractivity contribution in [1.29, 1.82) is 0 Å². The highest BCUT2D eigenvalue weighted by Crippen LogP contribution is 2.36. The molecule has 0 atom stereocenters. The highest BCUT2D eigenvalue weighted by molar-refractivity contribution is 6.10. The molecule has 0 aliphatic carbocycles. The first-order valence-corrected chi connectivity index (χ1v) is 14.2. The molecule has 0 aliphatic rings. The third kappa shape index (κ3) is 3.29. The monoisotopic (exact) mass is 536 g/mol. The lowest BCUT2D eigenvalue weighted by Gasteiger charge is -2.14. The van der Waals surface area contributed by atoms with Crippen molar-refractivity contribution in [1.82, 2.24) is 19.1 Å². The van der Waals surface area contributed by atoms with Gasteiger partial charge in [-0.3, -0.25) is 4.57 Å². The zero-order chi connectivity index (χ0) is 27.6. The fourth-order valence-corrected chi connectivity index (χ4v) is 6.46. The second kappa shape index (κ2) is 8.88. The molecule has 0 spiro atoms. The molecule has 0 fully saturated rings. The van der Waals surface area contributed by atoms with Crippen molar-refractivity contribution in [3.05, 3.63) is 146 Å². The minimum Gasteiger partial charge on any atom is -0.309 e. The van der Waals surface area contributed by atoms with Gasteiger partial charge in [-0.2, -0.15) is 0 Å². The van der Waals surface area contributed by atoms with Gasteiger partial charge < -0.3 is 4.57 Å². The third-order valence-electron chi connectivity index (χ3n) is 8.32. The highest BCUT2D eigenvalue weighted by atomic mass is 15.1. The van der Waals surface area contributed by atoms with Gasteiger partial charge in [-0.05, 0) is 48.5 Å². The number of fused-ring (bicyclic) bond motifs is 7. The zero-order valence-electron chi connectivity index (χ0n) is 22.6. The summed E-state index contributed by atoms with van der Waals surface area (Å²) in [6, 6.07) is 51.1. The smallest absolute Gasteiger partial charge is 0.165 e. The normalized spacial score (nSPS) is 11.8. The number of para-hydroxylation sites is 6. The van der Waals surface area contributed by atoms with E-state index < -0.39 is 0 Å². The summed E-state index contributed by atoms with van der Waals surface area (Å²) in [6.07, 6.45) is 0. The van der Waals surface area contributed by atoms with Crippen LogP contribution in [-0.4, -0.2) is 19.1 Å². The molecule has 0 unspecified atom stereocenters. The van der Waals surface area contributed by atoms with E-state index in [1.807, 2.05) is 24.3 Å². The van der Waals surface area contributed by atoms with Crippen LogP contribution in [-0.2, 0) is 0 Å². The lowest BCUT2D eigenvalue weighted by molar-refractivity contribution is 1.08. The van der Waals surface area contributed by atoms with Crippen molar-refractivity contribution in [2.24, 2.45) is 0 Å². The molecule has 9 aromatic rings. The molecule has 4 nitrogen and oxygen atoms in total. The summed E-state index contributed by atoms with van der Waals surface area (Å²) < 4.78 is 4.61. The fraction of sp³-hybridized carbons (Fsp3) is 0. The molecule has 196 valence electrons. The van der Waals surface area contributed by atoms with E-state index in [1.54, 1.807) is 0 Å². The molecule has 0 N–H and O–H groups in total. The Morgan fingerprint density at radius 2 is 0.762 bits per heavy atom. The Labute approximate surface area is 241 Å². The first-order chi connectivity index (χ1) is 20.8. The van der Waals surface area contributed by atoms with Crippen LogP contribution in [0.5, 0.6) is 0 Å². The summed E-state index contributed by atoms with van der Waals surface area (Å²) in [4.78, 5) is 10.5. The maximum absolute atomic E-state index is 5.24. The van der Waals surface area contributed by atoms with E-state index >= 15 is 0 Å². The first-order valence-electron chi connectivity index (χ1n) is 14.2. The number of benzene rings is 6. The molecule has 9 rings (SSSR count). The van der Waals surface area contributed by atoms with Gasteiger partial charge in [-0.15, -0.1) is 0 Å². The van der Waals surface area contributed by atoms with Crippen LogP contribution >= 0.6 is 0 Å². The number of rotatable bonds is 3. The summed E-state index contributed by atoms with van der Waals surface area (Å²) >= 11 is 0. The average molecular weight is 537 g/mol. The van der Waals surface area contributed by atoms with Crippen molar-refractivity contribution in [3.63, 3.8) is 0 Å². The molecule has 0 bridgehead atoms. The van der Waals surface area contributed by atoms with Gasteiger partial charge in [-0.25, -0.2) is 9.97 Å². The summed E-state index contributed by atoms with van der Waals surface area (Å²) in [6.45, 7) is 0. The Hall–Kier alpha value is -5.74. The van der Waals surface area contributed by atoms with Crippen LogP contribution in [0.3, 0.4) is 0 Å². The molecule has 6 aromatic carbocycles. The van der Waals surface area contributed by atoms with E-state index in [0.717, 1.165) is 44.8 Å². The van der Waals surface area contributed by atoms with Gasteiger partial charge in [0.05, 0.1) is 33.1 Å². The van der Waals surface area contributed by atoms with Gasteiger partial charge in [-0.1, -0.05) is 97.1 Å². The van der Waals surface area contributed by atoms with E-state index in [2.05, 4.69) is 130 Å². The lowest BCUT2D eigenvalue weighted by atomic mass is 10.1. The quantitative estimate of drug-likeness (QED) is 0.225. The maximum atomic E-state index is 5.24. The molecule has 3 aromatic heterocycles. The van der Waals surface area contributed by atoms with Crippen LogP contribution in [0.1, 0.15) is 0 Å². The Kier molecular flexibility index (Phi) is 4.87. The average Bonchev–Trinajstić information content (AvgIpc) is 3.57. The predicted molar refractivity (Wildman–Crippen MR) is 174 cm³/mol. The first kappa shape index (κ1) is 23.0. The molecule has 42 heavy (non-hydrogen) atoms. The van der Waals surface area contributed by atoms with Gasteiger partial charge in [0.2, 0.25) is 0 Å². The molecule has 0 amide bonds. The molecule has 0 saturated heterocycles. The van der Waals surface area contributed by atoms with Crippen LogP contribution in [0.4, 0.5) is 0 Å². The molecule has 4 heteroatoms. The number of hydrogen-bond donors (Lipinski definition) is 0. The molecular weight excluding hydrogens is 512 g/mol. The molecular formula is C38H24N4. The lowest BCUT2D eigenvalue weighted by Crippen LogP contribution is -2.03. The van der Waals surface area contributed by atoms with Crippen LogP contribution in [0.25, 0.3) is 77.4 Å². The minimum absolute atomic E-state index is 0.829. The SMILES string of the molecule is c1ccc2nc(-n3c4ccccc4c4ccccc43)c(-c3ccc(-n4c5ccccc5c5ccccc54)cc3)nc2c1. The number of aromatic nitrogens is 4. The van der Waals surface area contributed by atoms with E-state index in [-0.39, 0.29) is 0 Å². The van der Waals surface area contributed by atoms with E-state index in [9.17, 15) is 0 Å². The molecule has 0 aliphatic heterocycles. The van der Waals surface area contributed by atoms with Crippen molar-refractivity contribution in [3.8, 4) is 22.8 Å². The van der Waals surface area contributed by atoms with Gasteiger partial charge in [0.15, 0.2) is 5.82 Å². The summed E-state index contributed by atoms with van der Waals surface area (Å²) in [5.74, 6) is 0.829. The standard InChI is InChI=1S/C38H24N4/c1-7-17-33-27(11-1)28-12-2-8-18-34(28)41(33)26-23-21-25(22-24-26)37-38(40-32-16-6-5-15-31(32)39-37)42-35-19-9-3-13-29(35)30-14-4-10-20-36(30)42/h1-24H. The summed E-state index contributed by atoms with van der Waals surface area (Å²) in [7, 11) is 0. The maximum Gasteiger partial charge on any atom is 0.165 e. The van der Waals surface area contributed by atoms with E-state index in [4.69, 9.17) is 9.97 Å². The third-order valence-corrected chi connectivity index (χ3v) is 8.32. The van der Waals surface area contributed by atoms with Gasteiger partial charge in [0.1, 0.15) is 5.69 Å². The summed E-state index contributed by atoms with van der Waals surface area (Å²) in [5.41, 5.74) is 9.37. The zero-order valence-corrected chi connectivity index (χ0v) is 22.6. The van der Waals surface area contributed by atoms with Crippen molar-refractivity contribution in [2.75, 3.05) is 0 Å². The van der Waals surface area contributed by atoms with Crippen LogP contribution in [0, 0.1) is 0 Å². The van der Waals surface area contributed by atoms with Crippen molar-refractivity contribution >= 4 is 54.6 Å². The highest BCUT2D eigenvalue weighted by Gasteiger charge is 2.19. The minimum atomic E-state index is 0.829. The van der Waals surface area contributed by atoms with Gasteiger partial charge in [0, 0.05) is 32.8 Å². The molecule has 0 saturated carbocycles. The second-order valence-corrected chi connectivity index (χ2v) is 10.7.